The maximum Gasteiger partial charge on any atom is 0.411 e. The van der Waals surface area contributed by atoms with E-state index in [0.29, 0.717) is 0 Å². The van der Waals surface area contributed by atoms with E-state index in [-0.39, 0.29) is 11.4 Å². The van der Waals surface area contributed by atoms with Crippen molar-refractivity contribution in [2.24, 2.45) is 0 Å². The van der Waals surface area contributed by atoms with Gasteiger partial charge in [-0.3, -0.25) is 9.48 Å². The highest BCUT2D eigenvalue weighted by atomic mass is 19.4. The fourth-order valence-electron chi connectivity index (χ4n) is 1.79. The Bertz CT molecular complexity index is 755. The molecule has 0 fully saturated rings. The lowest BCUT2D eigenvalue weighted by molar-refractivity contribution is -0.182. The first-order valence-electron chi connectivity index (χ1n) is 6.92. The first kappa shape index (κ1) is 18.4. The largest absolute Gasteiger partial charge is 0.476 e. The van der Waals surface area contributed by atoms with Gasteiger partial charge in [0.1, 0.15) is 19.4 Å². The van der Waals surface area contributed by atoms with E-state index in [1.165, 1.54) is 36.3 Å². The van der Waals surface area contributed by atoms with Crippen LogP contribution in [-0.2, 0) is 16.3 Å². The minimum Gasteiger partial charge on any atom is -0.476 e. The summed E-state index contributed by atoms with van der Waals surface area (Å²) in [6.45, 7) is -0.326. The molecule has 2 rings (SSSR count). The van der Waals surface area contributed by atoms with E-state index < -0.39 is 37.4 Å². The molecule has 0 aromatic carbocycles. The minimum absolute atomic E-state index is 0.200. The number of amides is 1. The highest BCUT2D eigenvalue weighted by molar-refractivity contribution is 5.93. The number of aromatic nitrogens is 4. The summed E-state index contributed by atoms with van der Waals surface area (Å²) >= 11 is 0. The van der Waals surface area contributed by atoms with Crippen molar-refractivity contribution in [1.29, 1.82) is 0 Å². The molecule has 12 heteroatoms. The molecule has 2 heterocycles. The van der Waals surface area contributed by atoms with Crippen LogP contribution >= 0.6 is 0 Å². The van der Waals surface area contributed by atoms with Gasteiger partial charge in [0, 0.05) is 6.20 Å². The van der Waals surface area contributed by atoms with E-state index >= 15 is 0 Å². The predicted molar refractivity (Wildman–Crippen MR) is 76.8 cm³/mol. The molecule has 0 bridgehead atoms. The molecule has 0 saturated carbocycles. The molecule has 2 aromatic rings. The van der Waals surface area contributed by atoms with Gasteiger partial charge in [-0.25, -0.2) is 9.48 Å². The van der Waals surface area contributed by atoms with Gasteiger partial charge in [0.2, 0.25) is 5.91 Å². The molecule has 136 valence electrons. The van der Waals surface area contributed by atoms with E-state index in [2.05, 4.69) is 20.3 Å². The van der Waals surface area contributed by atoms with Crippen molar-refractivity contribution in [3.8, 4) is 0 Å². The quantitative estimate of drug-likeness (QED) is 0.773. The number of aromatic carboxylic acids is 1. The average molecular weight is 361 g/mol. The summed E-state index contributed by atoms with van der Waals surface area (Å²) < 4.78 is 42.6. The normalized spacial score (nSPS) is 12.8. The van der Waals surface area contributed by atoms with Crippen molar-refractivity contribution in [2.75, 3.05) is 11.9 Å². The summed E-state index contributed by atoms with van der Waals surface area (Å²) in [4.78, 5) is 22.9. The molecule has 0 radical (unpaired) electrons. The summed E-state index contributed by atoms with van der Waals surface area (Å²) in [5.74, 6) is -1.72. The maximum absolute atomic E-state index is 12.1. The number of hydrogen-bond acceptors (Lipinski definition) is 5. The Kier molecular flexibility index (Phi) is 5.41. The molecule has 1 amide bonds. The third kappa shape index (κ3) is 5.31. The zero-order chi connectivity index (χ0) is 18.6. The number of alkyl halides is 3. The molecule has 2 N–H and O–H groups in total. The van der Waals surface area contributed by atoms with Gasteiger partial charge >= 0.3 is 12.1 Å². The molecule has 1 atom stereocenters. The standard InChI is InChI=1S/C13H14F3N5O4/c1-8(21-3-2-10(19-21)12(23)24)11(22)18-9-4-17-20(5-9)7-25-6-13(14,15)16/h2-5,8H,6-7H2,1H3,(H,18,22)(H,23,24). The zero-order valence-corrected chi connectivity index (χ0v) is 12.9. The highest BCUT2D eigenvalue weighted by Gasteiger charge is 2.27. The Hall–Kier alpha value is -2.89. The van der Waals surface area contributed by atoms with Crippen LogP contribution in [0.3, 0.4) is 0 Å². The number of carboxylic acids is 1. The van der Waals surface area contributed by atoms with Crippen LogP contribution in [0.15, 0.2) is 24.7 Å². The van der Waals surface area contributed by atoms with Gasteiger partial charge < -0.3 is 15.2 Å². The second kappa shape index (κ2) is 7.34. The Morgan fingerprint density at radius 3 is 2.76 bits per heavy atom. The lowest BCUT2D eigenvalue weighted by Gasteiger charge is -2.11. The van der Waals surface area contributed by atoms with Crippen molar-refractivity contribution in [1.82, 2.24) is 19.6 Å². The molecular formula is C13H14F3N5O4. The third-order valence-corrected chi connectivity index (χ3v) is 2.99. The number of ether oxygens (including phenoxy) is 1. The Labute approximate surface area is 139 Å². The smallest absolute Gasteiger partial charge is 0.411 e. The van der Waals surface area contributed by atoms with Crippen molar-refractivity contribution < 1.29 is 32.6 Å². The second-order valence-corrected chi connectivity index (χ2v) is 5.01. The molecule has 25 heavy (non-hydrogen) atoms. The summed E-state index contributed by atoms with van der Waals surface area (Å²) in [6, 6.07) is 0.445. The number of hydrogen-bond donors (Lipinski definition) is 2. The van der Waals surface area contributed by atoms with Crippen molar-refractivity contribution in [3.63, 3.8) is 0 Å². The number of carbonyl (C=O) groups excluding carboxylic acids is 1. The minimum atomic E-state index is -4.43. The van der Waals surface area contributed by atoms with E-state index in [0.717, 1.165) is 4.68 Å². The van der Waals surface area contributed by atoms with E-state index in [9.17, 15) is 22.8 Å². The van der Waals surface area contributed by atoms with Crippen molar-refractivity contribution in [3.05, 3.63) is 30.4 Å². The van der Waals surface area contributed by atoms with Crippen molar-refractivity contribution in [2.45, 2.75) is 25.9 Å². The van der Waals surface area contributed by atoms with E-state index in [1.54, 1.807) is 0 Å². The zero-order valence-electron chi connectivity index (χ0n) is 12.9. The van der Waals surface area contributed by atoms with Crippen LogP contribution in [0.2, 0.25) is 0 Å². The van der Waals surface area contributed by atoms with Gasteiger partial charge in [-0.1, -0.05) is 0 Å². The van der Waals surface area contributed by atoms with Crippen LogP contribution in [0, 0.1) is 0 Å². The highest BCUT2D eigenvalue weighted by Crippen LogP contribution is 2.15. The Morgan fingerprint density at radius 1 is 1.44 bits per heavy atom. The number of nitrogens with zero attached hydrogens (tertiary/aromatic N) is 4. The van der Waals surface area contributed by atoms with Gasteiger partial charge in [0.05, 0.1) is 18.1 Å². The topological polar surface area (TPSA) is 111 Å². The first-order chi connectivity index (χ1) is 11.7. The Morgan fingerprint density at radius 2 is 2.16 bits per heavy atom. The molecule has 0 aliphatic carbocycles. The predicted octanol–water partition coefficient (Wildman–Crippen LogP) is 1.51. The van der Waals surface area contributed by atoms with Crippen molar-refractivity contribution >= 4 is 17.6 Å². The fourth-order valence-corrected chi connectivity index (χ4v) is 1.79. The number of nitrogens with one attached hydrogen (secondary N) is 1. The monoisotopic (exact) mass is 361 g/mol. The molecule has 0 aliphatic rings. The average Bonchev–Trinajstić information content (AvgIpc) is 3.14. The van der Waals surface area contributed by atoms with Gasteiger partial charge in [0.25, 0.3) is 0 Å². The van der Waals surface area contributed by atoms with Crippen LogP contribution in [-0.4, -0.2) is 49.3 Å². The Balaban J connectivity index is 1.90. The summed E-state index contributed by atoms with van der Waals surface area (Å²) in [5, 5.41) is 18.8. The third-order valence-electron chi connectivity index (χ3n) is 2.99. The molecule has 1 unspecified atom stereocenters. The van der Waals surface area contributed by atoms with Gasteiger partial charge in [-0.15, -0.1) is 0 Å². The molecule has 0 aliphatic heterocycles. The van der Waals surface area contributed by atoms with Gasteiger partial charge in [0.15, 0.2) is 5.69 Å². The summed E-state index contributed by atoms with van der Waals surface area (Å²) in [6.07, 6.45) is -0.541. The van der Waals surface area contributed by atoms with E-state index in [1.807, 2.05) is 0 Å². The van der Waals surface area contributed by atoms with Gasteiger partial charge in [-0.05, 0) is 13.0 Å². The molecule has 9 nitrogen and oxygen atoms in total. The SMILES string of the molecule is CC(C(=O)Nc1cnn(COCC(F)(F)F)c1)n1ccc(C(=O)O)n1. The number of rotatable bonds is 7. The summed E-state index contributed by atoms with van der Waals surface area (Å²) in [5.41, 5.74) is 0.0485. The molecule has 2 aromatic heterocycles. The molecular weight excluding hydrogens is 347 g/mol. The number of carboxylic acid groups (broad SMARTS) is 1. The van der Waals surface area contributed by atoms with Crippen LogP contribution in [0.1, 0.15) is 23.5 Å². The number of halogens is 3. The lowest BCUT2D eigenvalue weighted by Crippen LogP contribution is -2.24. The van der Waals surface area contributed by atoms with Crippen LogP contribution in [0.4, 0.5) is 18.9 Å². The summed E-state index contributed by atoms with van der Waals surface area (Å²) in [7, 11) is 0. The molecule has 0 spiro atoms. The van der Waals surface area contributed by atoms with E-state index in [4.69, 9.17) is 5.11 Å². The lowest BCUT2D eigenvalue weighted by atomic mass is 10.3. The van der Waals surface area contributed by atoms with Gasteiger partial charge in [-0.2, -0.15) is 23.4 Å². The van der Waals surface area contributed by atoms with Crippen LogP contribution in [0.5, 0.6) is 0 Å². The van der Waals surface area contributed by atoms with Crippen LogP contribution < -0.4 is 5.32 Å². The fraction of sp³-hybridized carbons (Fsp3) is 0.385. The number of carbonyl (C=O) groups is 2. The second-order valence-electron chi connectivity index (χ2n) is 5.01. The molecule has 0 saturated heterocycles. The number of anilines is 1. The maximum atomic E-state index is 12.1. The van der Waals surface area contributed by atoms with Crippen LogP contribution in [0.25, 0.3) is 0 Å². The first-order valence-corrected chi connectivity index (χ1v) is 6.92.